The van der Waals surface area contributed by atoms with Gasteiger partial charge in [-0.05, 0) is 48.5 Å². The Morgan fingerprint density at radius 1 is 1.25 bits per heavy atom. The lowest BCUT2D eigenvalue weighted by Gasteiger charge is -2.32. The van der Waals surface area contributed by atoms with Crippen LogP contribution in [0.2, 0.25) is 0 Å². The molecule has 4 heteroatoms. The molecule has 1 fully saturated rings. The van der Waals surface area contributed by atoms with E-state index in [-0.39, 0.29) is 0 Å². The molecule has 0 saturated carbocycles. The fourth-order valence-corrected chi connectivity index (χ4v) is 2.92. The van der Waals surface area contributed by atoms with E-state index in [1.54, 1.807) is 0 Å². The lowest BCUT2D eigenvalue weighted by atomic mass is 10.3. The smallest absolute Gasteiger partial charge is 0.121 e. The van der Waals surface area contributed by atoms with E-state index in [2.05, 4.69) is 46.2 Å². The summed E-state index contributed by atoms with van der Waals surface area (Å²) < 4.78 is 5.93. The number of nitrogens with zero attached hydrogens (tertiary/aromatic N) is 2. The van der Waals surface area contributed by atoms with Crippen LogP contribution in [0.25, 0.3) is 0 Å². The van der Waals surface area contributed by atoms with Crippen molar-refractivity contribution in [1.29, 1.82) is 0 Å². The van der Waals surface area contributed by atoms with Crippen LogP contribution in [-0.4, -0.2) is 59.8 Å². The Morgan fingerprint density at radius 2 is 1.94 bits per heavy atom. The van der Waals surface area contributed by atoms with E-state index in [1.165, 1.54) is 39.0 Å². The van der Waals surface area contributed by atoms with Crippen molar-refractivity contribution in [3.8, 4) is 0 Å². The second kappa shape index (κ2) is 8.66. The van der Waals surface area contributed by atoms with Crippen molar-refractivity contribution in [3.05, 3.63) is 0 Å². The fourth-order valence-electron chi connectivity index (χ4n) is 2.11. The van der Waals surface area contributed by atoms with Gasteiger partial charge in [0, 0.05) is 26.2 Å². The normalized spacial score (nSPS) is 22.9. The molecule has 0 aromatic heterocycles. The van der Waals surface area contributed by atoms with Gasteiger partial charge in [0.1, 0.15) is 4.11 Å². The van der Waals surface area contributed by atoms with Gasteiger partial charge in [0.2, 0.25) is 0 Å². The van der Waals surface area contributed by atoms with E-state index in [0.29, 0.717) is 4.11 Å². The van der Waals surface area contributed by atoms with Gasteiger partial charge in [0.15, 0.2) is 0 Å². The molecule has 96 valence electrons. The van der Waals surface area contributed by atoms with E-state index >= 15 is 0 Å². The number of ether oxygens (including phenoxy) is 1. The number of morpholine rings is 1. The molecule has 1 rings (SSSR count). The molecule has 1 saturated heterocycles. The van der Waals surface area contributed by atoms with Gasteiger partial charge < -0.3 is 9.64 Å². The van der Waals surface area contributed by atoms with Crippen LogP contribution >= 0.6 is 22.6 Å². The van der Waals surface area contributed by atoms with Crippen molar-refractivity contribution in [3.63, 3.8) is 0 Å². The van der Waals surface area contributed by atoms with E-state index in [9.17, 15) is 0 Å². The summed E-state index contributed by atoms with van der Waals surface area (Å²) in [5.74, 6) is 0. The van der Waals surface area contributed by atoms with Gasteiger partial charge in [-0.15, -0.1) is 0 Å². The van der Waals surface area contributed by atoms with Gasteiger partial charge in [-0.2, -0.15) is 0 Å². The van der Waals surface area contributed by atoms with Crippen LogP contribution in [0.1, 0.15) is 26.7 Å². The molecule has 0 aromatic carbocycles. The number of alkyl halides is 1. The van der Waals surface area contributed by atoms with Gasteiger partial charge >= 0.3 is 0 Å². The molecule has 1 aliphatic heterocycles. The third kappa shape index (κ3) is 5.80. The molecule has 1 aliphatic rings. The van der Waals surface area contributed by atoms with Crippen LogP contribution < -0.4 is 0 Å². The maximum absolute atomic E-state index is 5.54. The highest BCUT2D eigenvalue weighted by molar-refractivity contribution is 14.1. The molecule has 0 aliphatic carbocycles. The number of halogens is 1. The van der Waals surface area contributed by atoms with Gasteiger partial charge in [-0.3, -0.25) is 4.90 Å². The Morgan fingerprint density at radius 3 is 2.50 bits per heavy atom. The van der Waals surface area contributed by atoms with Crippen molar-refractivity contribution < 1.29 is 4.74 Å². The summed E-state index contributed by atoms with van der Waals surface area (Å²) in [5, 5.41) is 0. The van der Waals surface area contributed by atoms with E-state index in [4.69, 9.17) is 4.74 Å². The Labute approximate surface area is 114 Å². The molecule has 0 amide bonds. The van der Waals surface area contributed by atoms with Gasteiger partial charge in [0.05, 0.1) is 6.61 Å². The predicted molar refractivity (Wildman–Crippen MR) is 77.2 cm³/mol. The van der Waals surface area contributed by atoms with Crippen molar-refractivity contribution in [2.45, 2.75) is 30.8 Å². The molecular formula is C12H25IN2O. The first-order chi connectivity index (χ1) is 7.76. The van der Waals surface area contributed by atoms with Gasteiger partial charge in [-0.1, -0.05) is 13.8 Å². The predicted octanol–water partition coefficient (Wildman–Crippen LogP) is 2.20. The summed E-state index contributed by atoms with van der Waals surface area (Å²) in [4.78, 5) is 5.11. The molecule has 1 atom stereocenters. The Bertz CT molecular complexity index is 170. The monoisotopic (exact) mass is 340 g/mol. The zero-order chi connectivity index (χ0) is 11.8. The second-order valence-corrected chi connectivity index (χ2v) is 5.81. The molecule has 0 radical (unpaired) electrons. The summed E-state index contributed by atoms with van der Waals surface area (Å²) in [6.45, 7) is 12.5. The molecule has 0 bridgehead atoms. The zero-order valence-corrected chi connectivity index (χ0v) is 12.8. The molecular weight excluding hydrogens is 315 g/mol. The molecule has 0 spiro atoms. The molecule has 16 heavy (non-hydrogen) atoms. The first-order valence-corrected chi connectivity index (χ1v) is 7.71. The summed E-state index contributed by atoms with van der Waals surface area (Å²) in [6, 6.07) is 0. The highest BCUT2D eigenvalue weighted by Crippen LogP contribution is 2.10. The molecule has 1 heterocycles. The summed E-state index contributed by atoms with van der Waals surface area (Å²) in [5.41, 5.74) is 0. The zero-order valence-electron chi connectivity index (χ0n) is 10.6. The summed E-state index contributed by atoms with van der Waals surface area (Å²) in [7, 11) is 0. The lowest BCUT2D eigenvalue weighted by molar-refractivity contribution is 0.0228. The highest BCUT2D eigenvalue weighted by atomic mass is 127. The summed E-state index contributed by atoms with van der Waals surface area (Å²) >= 11 is 2.38. The SMILES string of the molecule is CCCN(CCC)CCN1CCOC(I)C1. The van der Waals surface area contributed by atoms with Crippen molar-refractivity contribution in [1.82, 2.24) is 9.80 Å². The van der Waals surface area contributed by atoms with Crippen LogP contribution in [0.15, 0.2) is 0 Å². The van der Waals surface area contributed by atoms with Crippen LogP contribution in [0.4, 0.5) is 0 Å². The minimum absolute atomic E-state index is 0.386. The van der Waals surface area contributed by atoms with Crippen LogP contribution in [-0.2, 0) is 4.74 Å². The average molecular weight is 340 g/mol. The lowest BCUT2D eigenvalue weighted by Crippen LogP contribution is -2.44. The number of rotatable bonds is 7. The first-order valence-electron chi connectivity index (χ1n) is 6.46. The standard InChI is InChI=1S/C12H25IN2O/c1-3-5-14(6-4-2)7-8-15-9-10-16-12(13)11-15/h12H,3-11H2,1-2H3. The molecule has 1 unspecified atom stereocenters. The van der Waals surface area contributed by atoms with E-state index in [0.717, 1.165) is 19.7 Å². The van der Waals surface area contributed by atoms with Gasteiger partial charge in [-0.25, -0.2) is 0 Å². The third-order valence-corrected chi connectivity index (χ3v) is 3.67. The Kier molecular flexibility index (Phi) is 7.94. The van der Waals surface area contributed by atoms with E-state index < -0.39 is 0 Å². The number of hydrogen-bond donors (Lipinski definition) is 0. The minimum atomic E-state index is 0.386. The molecule has 0 aromatic rings. The largest absolute Gasteiger partial charge is 0.365 e. The number of hydrogen-bond acceptors (Lipinski definition) is 3. The van der Waals surface area contributed by atoms with Crippen molar-refractivity contribution in [2.24, 2.45) is 0 Å². The van der Waals surface area contributed by atoms with Crippen molar-refractivity contribution >= 4 is 22.6 Å². The Hall–Kier alpha value is 0.610. The maximum Gasteiger partial charge on any atom is 0.121 e. The third-order valence-electron chi connectivity index (χ3n) is 2.92. The quantitative estimate of drug-likeness (QED) is 0.522. The van der Waals surface area contributed by atoms with Crippen LogP contribution in [0.5, 0.6) is 0 Å². The first kappa shape index (κ1) is 14.7. The Balaban J connectivity index is 2.19. The second-order valence-electron chi connectivity index (χ2n) is 4.42. The minimum Gasteiger partial charge on any atom is -0.365 e. The van der Waals surface area contributed by atoms with Crippen LogP contribution in [0, 0.1) is 0 Å². The fraction of sp³-hybridized carbons (Fsp3) is 1.00. The van der Waals surface area contributed by atoms with Crippen LogP contribution in [0.3, 0.4) is 0 Å². The maximum atomic E-state index is 5.54. The topological polar surface area (TPSA) is 15.7 Å². The summed E-state index contributed by atoms with van der Waals surface area (Å²) in [6.07, 6.45) is 2.52. The molecule has 0 N–H and O–H groups in total. The average Bonchev–Trinajstić information content (AvgIpc) is 2.27. The van der Waals surface area contributed by atoms with E-state index in [1.807, 2.05) is 0 Å². The molecule has 3 nitrogen and oxygen atoms in total. The highest BCUT2D eigenvalue weighted by Gasteiger charge is 2.17. The van der Waals surface area contributed by atoms with Gasteiger partial charge in [0.25, 0.3) is 0 Å². The van der Waals surface area contributed by atoms with Crippen molar-refractivity contribution in [2.75, 3.05) is 45.9 Å².